The van der Waals surface area contributed by atoms with Crippen LogP contribution in [-0.2, 0) is 22.6 Å². The summed E-state index contributed by atoms with van der Waals surface area (Å²) in [5.74, 6) is -4.05. The quantitative estimate of drug-likeness (QED) is 0.386. The number of halogens is 3. The minimum absolute atomic E-state index is 0.0988. The first kappa shape index (κ1) is 28.1. The second-order valence-corrected chi connectivity index (χ2v) is 11.1. The Morgan fingerprint density at radius 2 is 1.82 bits per heavy atom. The SMILES string of the molecule is CNC(=O)[C@@H]1CCCN1C(=O)C(NC(O)n1nc(-c2cc(F)c(F)cc2F)c2c1CCN(C)C2)C(C)(C)C. The third kappa shape index (κ3) is 5.29. The molecule has 3 N–H and O–H groups in total. The number of benzene rings is 1. The first-order valence-corrected chi connectivity index (χ1v) is 12.7. The number of likely N-dealkylation sites (tertiary alicyclic amines) is 1. The van der Waals surface area contributed by atoms with Crippen LogP contribution in [0.1, 0.15) is 51.2 Å². The summed E-state index contributed by atoms with van der Waals surface area (Å²) in [5, 5.41) is 21.3. The van der Waals surface area contributed by atoms with Crippen LogP contribution < -0.4 is 10.6 Å². The van der Waals surface area contributed by atoms with Gasteiger partial charge in [-0.1, -0.05) is 20.8 Å². The normalized spacial score (nSPS) is 19.8. The van der Waals surface area contributed by atoms with Crippen LogP contribution in [0.3, 0.4) is 0 Å². The standard InChI is InChI=1S/C26H35F3N6O3/c1-26(2,3)22(24(37)34-9-6-7-20(34)23(36)30-4)31-25(38)35-19-8-10-33(5)13-15(19)21(32-35)14-11-17(28)18(29)12-16(14)27/h11-12,20,22,25,31,38H,6-10,13H2,1-5H3,(H,30,36)/t20-,22?,25?/m0/s1. The molecule has 9 nitrogen and oxygen atoms in total. The van der Waals surface area contributed by atoms with Crippen molar-refractivity contribution in [3.63, 3.8) is 0 Å². The molecule has 0 saturated carbocycles. The van der Waals surface area contributed by atoms with Gasteiger partial charge in [-0.2, -0.15) is 5.10 Å². The van der Waals surface area contributed by atoms with Gasteiger partial charge in [0.25, 0.3) is 0 Å². The van der Waals surface area contributed by atoms with E-state index < -0.39 is 41.3 Å². The fourth-order valence-electron chi connectivity index (χ4n) is 5.25. The zero-order valence-electron chi connectivity index (χ0n) is 22.3. The van der Waals surface area contributed by atoms with Gasteiger partial charge in [0.15, 0.2) is 11.6 Å². The molecule has 0 spiro atoms. The summed E-state index contributed by atoms with van der Waals surface area (Å²) in [4.78, 5) is 29.5. The van der Waals surface area contributed by atoms with Crippen LogP contribution in [-0.4, -0.2) is 75.8 Å². The highest BCUT2D eigenvalue weighted by molar-refractivity contribution is 5.90. The number of aliphatic hydroxyl groups is 1. The van der Waals surface area contributed by atoms with E-state index in [1.807, 2.05) is 32.7 Å². The number of fused-ring (bicyclic) bond motifs is 1. The predicted molar refractivity (Wildman–Crippen MR) is 134 cm³/mol. The van der Waals surface area contributed by atoms with Gasteiger partial charge in [-0.3, -0.25) is 14.9 Å². The van der Waals surface area contributed by atoms with Crippen molar-refractivity contribution in [3.8, 4) is 11.3 Å². The molecule has 0 bridgehead atoms. The lowest BCUT2D eigenvalue weighted by atomic mass is 9.85. The fraction of sp³-hybridized carbons (Fsp3) is 0.577. The second kappa shape index (κ2) is 10.7. The Morgan fingerprint density at radius 1 is 1.13 bits per heavy atom. The molecule has 0 radical (unpaired) electrons. The largest absolute Gasteiger partial charge is 0.359 e. The molecule has 2 unspecified atom stereocenters. The molecular weight excluding hydrogens is 501 g/mol. The van der Waals surface area contributed by atoms with Crippen molar-refractivity contribution in [2.75, 3.05) is 27.2 Å². The maximum Gasteiger partial charge on any atom is 0.242 e. The third-order valence-corrected chi connectivity index (χ3v) is 7.29. The van der Waals surface area contributed by atoms with Gasteiger partial charge in [-0.05, 0) is 31.4 Å². The average molecular weight is 537 g/mol. The van der Waals surface area contributed by atoms with Crippen molar-refractivity contribution in [1.82, 2.24) is 30.2 Å². The van der Waals surface area contributed by atoms with Crippen LogP contribution in [0.2, 0.25) is 0 Å². The van der Waals surface area contributed by atoms with E-state index in [1.54, 1.807) is 0 Å². The highest BCUT2D eigenvalue weighted by atomic mass is 19.2. The van der Waals surface area contributed by atoms with Crippen LogP contribution in [0.5, 0.6) is 0 Å². The van der Waals surface area contributed by atoms with Gasteiger partial charge < -0.3 is 20.2 Å². The fourth-order valence-corrected chi connectivity index (χ4v) is 5.25. The number of amides is 2. The van der Waals surface area contributed by atoms with Gasteiger partial charge >= 0.3 is 0 Å². The Labute approximate surface area is 220 Å². The first-order valence-electron chi connectivity index (χ1n) is 12.7. The molecule has 1 saturated heterocycles. The lowest BCUT2D eigenvalue weighted by Crippen LogP contribution is -2.57. The molecule has 2 aliphatic heterocycles. The molecule has 1 fully saturated rings. The average Bonchev–Trinajstić information content (AvgIpc) is 3.48. The number of nitrogens with zero attached hydrogens (tertiary/aromatic N) is 4. The van der Waals surface area contributed by atoms with Crippen molar-refractivity contribution in [2.45, 2.75) is 65.0 Å². The monoisotopic (exact) mass is 536 g/mol. The Morgan fingerprint density at radius 3 is 2.47 bits per heavy atom. The van der Waals surface area contributed by atoms with E-state index in [-0.39, 0.29) is 23.1 Å². The number of hydrogen-bond acceptors (Lipinski definition) is 6. The topological polar surface area (TPSA) is 103 Å². The number of aliphatic hydroxyl groups excluding tert-OH is 1. The smallest absolute Gasteiger partial charge is 0.242 e. The molecule has 12 heteroatoms. The maximum atomic E-state index is 14.7. The second-order valence-electron chi connectivity index (χ2n) is 11.1. The van der Waals surface area contributed by atoms with Gasteiger partial charge in [-0.15, -0.1) is 0 Å². The number of aromatic nitrogens is 2. The van der Waals surface area contributed by atoms with E-state index in [1.165, 1.54) is 16.6 Å². The molecule has 38 heavy (non-hydrogen) atoms. The van der Waals surface area contributed by atoms with E-state index in [0.29, 0.717) is 56.2 Å². The Kier molecular flexibility index (Phi) is 7.87. The molecule has 2 aliphatic rings. The molecule has 1 aromatic heterocycles. The summed E-state index contributed by atoms with van der Waals surface area (Å²) in [6.07, 6.45) is 0.214. The van der Waals surface area contributed by atoms with Crippen LogP contribution >= 0.6 is 0 Å². The van der Waals surface area contributed by atoms with Gasteiger partial charge in [0.1, 0.15) is 17.6 Å². The predicted octanol–water partition coefficient (Wildman–Crippen LogP) is 2.14. The zero-order chi connectivity index (χ0) is 27.9. The number of likely N-dealkylation sites (N-methyl/N-ethyl adjacent to an activating group) is 2. The lowest BCUT2D eigenvalue weighted by Gasteiger charge is -2.37. The van der Waals surface area contributed by atoms with Crippen LogP contribution in [0.25, 0.3) is 11.3 Å². The van der Waals surface area contributed by atoms with Crippen LogP contribution in [0.4, 0.5) is 13.2 Å². The number of rotatable bonds is 6. The highest BCUT2D eigenvalue weighted by Crippen LogP contribution is 2.34. The van der Waals surface area contributed by atoms with E-state index in [9.17, 15) is 27.9 Å². The van der Waals surface area contributed by atoms with Crippen molar-refractivity contribution in [3.05, 3.63) is 40.8 Å². The summed E-state index contributed by atoms with van der Waals surface area (Å²) in [5.41, 5.74) is 0.419. The van der Waals surface area contributed by atoms with Gasteiger partial charge in [-0.25, -0.2) is 17.9 Å². The molecule has 4 rings (SSSR count). The van der Waals surface area contributed by atoms with Crippen molar-refractivity contribution in [2.24, 2.45) is 5.41 Å². The third-order valence-electron chi connectivity index (χ3n) is 7.29. The summed E-state index contributed by atoms with van der Waals surface area (Å²) in [6.45, 7) is 6.94. The zero-order valence-corrected chi connectivity index (χ0v) is 22.3. The van der Waals surface area contributed by atoms with Crippen molar-refractivity contribution < 1.29 is 27.9 Å². The molecule has 1 aromatic carbocycles. The van der Waals surface area contributed by atoms with E-state index >= 15 is 0 Å². The lowest BCUT2D eigenvalue weighted by molar-refractivity contribution is -0.143. The van der Waals surface area contributed by atoms with Crippen LogP contribution in [0.15, 0.2) is 12.1 Å². The molecule has 0 aliphatic carbocycles. The molecule has 2 amide bonds. The Bertz CT molecular complexity index is 1230. The molecule has 208 valence electrons. The molecular formula is C26H35F3N6O3. The maximum absolute atomic E-state index is 14.7. The minimum Gasteiger partial charge on any atom is -0.359 e. The summed E-state index contributed by atoms with van der Waals surface area (Å²) >= 11 is 0. The summed E-state index contributed by atoms with van der Waals surface area (Å²) < 4.78 is 43.7. The van der Waals surface area contributed by atoms with Crippen molar-refractivity contribution >= 4 is 11.8 Å². The number of carbonyl (C=O) groups is 2. The summed E-state index contributed by atoms with van der Waals surface area (Å²) in [7, 11) is 3.39. The van der Waals surface area contributed by atoms with E-state index in [0.717, 1.165) is 6.07 Å². The van der Waals surface area contributed by atoms with E-state index in [4.69, 9.17) is 0 Å². The van der Waals surface area contributed by atoms with Gasteiger partial charge in [0, 0.05) is 56.0 Å². The Hall–Kier alpha value is -2.96. The molecule has 3 heterocycles. The van der Waals surface area contributed by atoms with Crippen molar-refractivity contribution in [1.29, 1.82) is 0 Å². The minimum atomic E-state index is -1.48. The first-order chi connectivity index (χ1) is 17.8. The highest BCUT2D eigenvalue weighted by Gasteiger charge is 2.42. The molecule has 3 atom stereocenters. The summed E-state index contributed by atoms with van der Waals surface area (Å²) in [6, 6.07) is -0.241. The van der Waals surface area contributed by atoms with Crippen LogP contribution in [0, 0.1) is 22.9 Å². The van der Waals surface area contributed by atoms with Gasteiger partial charge in [0.05, 0.1) is 6.04 Å². The Balaban J connectivity index is 1.70. The van der Waals surface area contributed by atoms with Gasteiger partial charge in [0.2, 0.25) is 18.2 Å². The van der Waals surface area contributed by atoms with E-state index in [2.05, 4.69) is 15.7 Å². The molecule has 2 aromatic rings. The number of nitrogens with one attached hydrogen (secondary N) is 2. The number of hydrogen-bond donors (Lipinski definition) is 3. The number of carbonyl (C=O) groups excluding carboxylic acids is 2.